The lowest BCUT2D eigenvalue weighted by Gasteiger charge is -2.13. The van der Waals surface area contributed by atoms with Gasteiger partial charge in [-0.15, -0.1) is 0 Å². The quantitative estimate of drug-likeness (QED) is 0.818. The molecule has 142 valence electrons. The Morgan fingerprint density at radius 2 is 1.74 bits per heavy atom. The molecule has 0 bridgehead atoms. The van der Waals surface area contributed by atoms with Gasteiger partial charge in [-0.2, -0.15) is 0 Å². The Kier molecular flexibility index (Phi) is 6.12. The zero-order valence-electron chi connectivity index (χ0n) is 16.0. The van der Waals surface area contributed by atoms with Crippen LogP contribution in [0.2, 0.25) is 0 Å². The lowest BCUT2D eigenvalue weighted by molar-refractivity contribution is -0.119. The van der Waals surface area contributed by atoms with Crippen LogP contribution in [0.5, 0.6) is 0 Å². The van der Waals surface area contributed by atoms with E-state index in [0.29, 0.717) is 12.1 Å². The largest absolute Gasteiger partial charge is 0.378 e. The highest BCUT2D eigenvalue weighted by Gasteiger charge is 2.22. The van der Waals surface area contributed by atoms with Gasteiger partial charge in [-0.1, -0.05) is 25.0 Å². The van der Waals surface area contributed by atoms with Crippen molar-refractivity contribution >= 4 is 23.2 Å². The summed E-state index contributed by atoms with van der Waals surface area (Å²) in [7, 11) is 3.93. The Labute approximate surface area is 160 Å². The molecule has 0 spiro atoms. The molecular formula is C22H27N3O2. The summed E-state index contributed by atoms with van der Waals surface area (Å²) >= 11 is 0. The van der Waals surface area contributed by atoms with Gasteiger partial charge < -0.3 is 15.5 Å². The molecule has 2 N–H and O–H groups in total. The molecule has 3 rings (SSSR count). The number of anilines is 2. The second-order valence-electron chi connectivity index (χ2n) is 7.29. The van der Waals surface area contributed by atoms with Gasteiger partial charge in [0.25, 0.3) is 5.91 Å². The van der Waals surface area contributed by atoms with Crippen molar-refractivity contribution in [1.29, 1.82) is 0 Å². The van der Waals surface area contributed by atoms with Crippen LogP contribution in [-0.2, 0) is 11.3 Å². The average molecular weight is 365 g/mol. The maximum absolute atomic E-state index is 12.3. The second-order valence-corrected chi connectivity index (χ2v) is 7.29. The zero-order chi connectivity index (χ0) is 19.2. The lowest BCUT2D eigenvalue weighted by Crippen LogP contribution is -2.23. The van der Waals surface area contributed by atoms with E-state index >= 15 is 0 Å². The van der Waals surface area contributed by atoms with E-state index < -0.39 is 0 Å². The lowest BCUT2D eigenvalue weighted by atomic mass is 10.1. The van der Waals surface area contributed by atoms with Crippen LogP contribution in [0.4, 0.5) is 11.4 Å². The van der Waals surface area contributed by atoms with Gasteiger partial charge in [0.2, 0.25) is 5.91 Å². The molecule has 0 unspecified atom stereocenters. The fraction of sp³-hybridized carbons (Fsp3) is 0.364. The SMILES string of the molecule is CN(C)c1ccc(C(=O)NCc2cccc(NC(=O)C3CCCC3)c2)cc1. The van der Waals surface area contributed by atoms with E-state index in [1.165, 1.54) is 0 Å². The molecule has 1 saturated carbocycles. The summed E-state index contributed by atoms with van der Waals surface area (Å²) < 4.78 is 0. The van der Waals surface area contributed by atoms with Gasteiger partial charge in [0.05, 0.1) is 0 Å². The molecule has 1 fully saturated rings. The minimum absolute atomic E-state index is 0.106. The van der Waals surface area contributed by atoms with Gasteiger partial charge in [0.1, 0.15) is 0 Å². The van der Waals surface area contributed by atoms with Crippen molar-refractivity contribution in [1.82, 2.24) is 5.32 Å². The number of carbonyl (C=O) groups excluding carboxylic acids is 2. The summed E-state index contributed by atoms with van der Waals surface area (Å²) in [6.07, 6.45) is 4.24. The van der Waals surface area contributed by atoms with E-state index in [-0.39, 0.29) is 17.7 Å². The summed E-state index contributed by atoms with van der Waals surface area (Å²) in [6.45, 7) is 0.418. The van der Waals surface area contributed by atoms with Crippen molar-refractivity contribution in [2.75, 3.05) is 24.3 Å². The van der Waals surface area contributed by atoms with Crippen LogP contribution in [0, 0.1) is 5.92 Å². The van der Waals surface area contributed by atoms with Crippen LogP contribution in [0.1, 0.15) is 41.6 Å². The van der Waals surface area contributed by atoms with E-state index in [2.05, 4.69) is 10.6 Å². The van der Waals surface area contributed by atoms with Gasteiger partial charge in [-0.25, -0.2) is 0 Å². The number of amides is 2. The highest BCUT2D eigenvalue weighted by Crippen LogP contribution is 2.26. The Bertz CT molecular complexity index is 793. The molecule has 0 heterocycles. The van der Waals surface area contributed by atoms with Crippen molar-refractivity contribution < 1.29 is 9.59 Å². The number of benzene rings is 2. The molecule has 5 heteroatoms. The van der Waals surface area contributed by atoms with Crippen molar-refractivity contribution in [3.05, 3.63) is 59.7 Å². The normalized spacial score (nSPS) is 14.0. The van der Waals surface area contributed by atoms with Crippen LogP contribution in [0.3, 0.4) is 0 Å². The highest BCUT2D eigenvalue weighted by molar-refractivity contribution is 5.94. The monoisotopic (exact) mass is 365 g/mol. The predicted molar refractivity (Wildman–Crippen MR) is 109 cm³/mol. The van der Waals surface area contributed by atoms with E-state index in [0.717, 1.165) is 42.6 Å². The van der Waals surface area contributed by atoms with Gasteiger partial charge in [-0.05, 0) is 54.8 Å². The van der Waals surface area contributed by atoms with Gasteiger partial charge in [-0.3, -0.25) is 9.59 Å². The zero-order valence-corrected chi connectivity index (χ0v) is 16.0. The summed E-state index contributed by atoms with van der Waals surface area (Å²) in [5.74, 6) is 0.133. The Hall–Kier alpha value is -2.82. The van der Waals surface area contributed by atoms with Crippen LogP contribution in [0.15, 0.2) is 48.5 Å². The van der Waals surface area contributed by atoms with E-state index in [4.69, 9.17) is 0 Å². The number of hydrogen-bond acceptors (Lipinski definition) is 3. The van der Waals surface area contributed by atoms with E-state index in [1.807, 2.05) is 67.5 Å². The molecule has 2 aromatic carbocycles. The first kappa shape index (κ1) is 19.0. The summed E-state index contributed by atoms with van der Waals surface area (Å²) in [6, 6.07) is 15.1. The Morgan fingerprint density at radius 1 is 1.04 bits per heavy atom. The van der Waals surface area contributed by atoms with Crippen LogP contribution in [0.25, 0.3) is 0 Å². The van der Waals surface area contributed by atoms with Crippen molar-refractivity contribution in [2.24, 2.45) is 5.92 Å². The number of nitrogens with zero attached hydrogens (tertiary/aromatic N) is 1. The molecule has 0 aliphatic heterocycles. The predicted octanol–water partition coefficient (Wildman–Crippen LogP) is 3.81. The number of carbonyl (C=O) groups is 2. The Morgan fingerprint density at radius 3 is 2.41 bits per heavy atom. The molecule has 1 aliphatic carbocycles. The summed E-state index contributed by atoms with van der Waals surface area (Å²) in [4.78, 5) is 26.6. The molecular weight excluding hydrogens is 338 g/mol. The third-order valence-electron chi connectivity index (χ3n) is 5.02. The van der Waals surface area contributed by atoms with Gasteiger partial charge in [0.15, 0.2) is 0 Å². The minimum Gasteiger partial charge on any atom is -0.378 e. The summed E-state index contributed by atoms with van der Waals surface area (Å²) in [5, 5.41) is 5.94. The topological polar surface area (TPSA) is 61.4 Å². The maximum atomic E-state index is 12.3. The first-order valence-electron chi connectivity index (χ1n) is 9.48. The molecule has 27 heavy (non-hydrogen) atoms. The molecule has 1 aliphatic rings. The molecule has 2 amide bonds. The molecule has 0 atom stereocenters. The standard InChI is InChI=1S/C22H27N3O2/c1-25(2)20-12-10-18(11-13-20)21(26)23-15-16-6-5-9-19(14-16)24-22(27)17-7-3-4-8-17/h5-6,9-14,17H,3-4,7-8,15H2,1-2H3,(H,23,26)(H,24,27). The molecule has 0 radical (unpaired) electrons. The van der Waals surface area contributed by atoms with Crippen LogP contribution in [-0.4, -0.2) is 25.9 Å². The minimum atomic E-state index is -0.110. The highest BCUT2D eigenvalue weighted by atomic mass is 16.2. The first-order chi connectivity index (χ1) is 13.0. The van der Waals surface area contributed by atoms with Gasteiger partial charge >= 0.3 is 0 Å². The van der Waals surface area contributed by atoms with E-state index in [9.17, 15) is 9.59 Å². The number of nitrogens with one attached hydrogen (secondary N) is 2. The van der Waals surface area contributed by atoms with Crippen LogP contribution < -0.4 is 15.5 Å². The van der Waals surface area contributed by atoms with Gasteiger partial charge in [0, 0.05) is 43.5 Å². The molecule has 2 aromatic rings. The number of rotatable bonds is 6. The fourth-order valence-electron chi connectivity index (χ4n) is 3.39. The molecule has 0 aromatic heterocycles. The van der Waals surface area contributed by atoms with Crippen molar-refractivity contribution in [2.45, 2.75) is 32.2 Å². The summed E-state index contributed by atoms with van der Waals surface area (Å²) in [5.41, 5.74) is 3.43. The number of hydrogen-bond donors (Lipinski definition) is 2. The van der Waals surface area contributed by atoms with Crippen LogP contribution >= 0.6 is 0 Å². The molecule has 0 saturated heterocycles. The fourth-order valence-corrected chi connectivity index (χ4v) is 3.39. The first-order valence-corrected chi connectivity index (χ1v) is 9.48. The smallest absolute Gasteiger partial charge is 0.251 e. The third-order valence-corrected chi connectivity index (χ3v) is 5.02. The van der Waals surface area contributed by atoms with E-state index in [1.54, 1.807) is 0 Å². The van der Waals surface area contributed by atoms with Crippen molar-refractivity contribution in [3.8, 4) is 0 Å². The Balaban J connectivity index is 1.56. The average Bonchev–Trinajstić information content (AvgIpc) is 3.21. The third kappa shape index (κ3) is 5.09. The maximum Gasteiger partial charge on any atom is 0.251 e. The molecule has 5 nitrogen and oxygen atoms in total. The second kappa shape index (κ2) is 8.71. The van der Waals surface area contributed by atoms with Crippen molar-refractivity contribution in [3.63, 3.8) is 0 Å².